The van der Waals surface area contributed by atoms with Gasteiger partial charge in [0, 0.05) is 17.5 Å². The summed E-state index contributed by atoms with van der Waals surface area (Å²) in [6.45, 7) is 2.57. The average Bonchev–Trinajstić information content (AvgIpc) is 3.35. The van der Waals surface area contributed by atoms with Gasteiger partial charge in [0.05, 0.1) is 42.7 Å². The molecule has 0 N–H and O–H groups in total. The van der Waals surface area contributed by atoms with E-state index in [1.165, 1.54) is 0 Å². The summed E-state index contributed by atoms with van der Waals surface area (Å²) in [7, 11) is 0. The maximum absolute atomic E-state index is 13.3. The number of hydrogen-bond donors (Lipinski definition) is 0. The summed E-state index contributed by atoms with van der Waals surface area (Å²) in [6, 6.07) is 19.8. The summed E-state index contributed by atoms with van der Waals surface area (Å²) in [4.78, 5) is 17.9. The highest BCUT2D eigenvalue weighted by atomic mass is 16.3. The van der Waals surface area contributed by atoms with Crippen molar-refractivity contribution in [1.29, 1.82) is 5.26 Å². The fourth-order valence-electron chi connectivity index (χ4n) is 3.83. The van der Waals surface area contributed by atoms with Gasteiger partial charge >= 0.3 is 0 Å². The van der Waals surface area contributed by atoms with Crippen molar-refractivity contribution in [2.75, 3.05) is 0 Å². The molecule has 4 rings (SSSR count). The maximum Gasteiger partial charge on any atom is 0.257 e. The van der Waals surface area contributed by atoms with Crippen LogP contribution < -0.4 is 5.56 Å². The van der Waals surface area contributed by atoms with Crippen LogP contribution in [-0.2, 0) is 19.4 Å². The number of nitrogens with zero attached hydrogens (tertiary/aromatic N) is 3. The Morgan fingerprint density at radius 1 is 1.06 bits per heavy atom. The zero-order valence-corrected chi connectivity index (χ0v) is 18.1. The molecule has 0 aliphatic rings. The smallest absolute Gasteiger partial charge is 0.257 e. The molecule has 0 radical (unpaired) electrons. The van der Waals surface area contributed by atoms with E-state index in [1.807, 2.05) is 54.6 Å². The Labute approximate surface area is 187 Å². The van der Waals surface area contributed by atoms with Gasteiger partial charge in [0.25, 0.3) is 5.56 Å². The van der Waals surface area contributed by atoms with Crippen LogP contribution in [-0.4, -0.2) is 9.55 Å². The normalized spacial score (nSPS) is 10.8. The maximum atomic E-state index is 13.3. The Morgan fingerprint density at radius 3 is 2.59 bits per heavy atom. The largest absolute Gasteiger partial charge is 0.472 e. The number of nitriles is 1. The van der Waals surface area contributed by atoms with Crippen molar-refractivity contribution in [1.82, 2.24) is 9.55 Å². The van der Waals surface area contributed by atoms with Gasteiger partial charge in [-0.1, -0.05) is 55.8 Å². The first kappa shape index (κ1) is 21.3. The number of aromatic nitrogens is 2. The minimum Gasteiger partial charge on any atom is -0.472 e. The molecule has 0 saturated heterocycles. The molecular formula is C27H25N3O2. The second kappa shape index (κ2) is 9.93. The fourth-order valence-corrected chi connectivity index (χ4v) is 3.83. The van der Waals surface area contributed by atoms with Crippen LogP contribution in [0.4, 0.5) is 0 Å². The van der Waals surface area contributed by atoms with Crippen molar-refractivity contribution >= 4 is 0 Å². The van der Waals surface area contributed by atoms with Gasteiger partial charge in [-0.05, 0) is 41.7 Å². The first-order valence-electron chi connectivity index (χ1n) is 10.9. The Kier molecular flexibility index (Phi) is 6.62. The van der Waals surface area contributed by atoms with Crippen LogP contribution in [0.3, 0.4) is 0 Å². The van der Waals surface area contributed by atoms with Gasteiger partial charge in [-0.3, -0.25) is 9.36 Å². The number of unbranched alkanes of at least 4 members (excludes halogenated alkanes) is 1. The number of rotatable bonds is 8. The van der Waals surface area contributed by atoms with Gasteiger partial charge in [-0.15, -0.1) is 0 Å². The predicted octanol–water partition coefficient (Wildman–Crippen LogP) is 5.36. The molecule has 0 saturated carbocycles. The molecule has 0 spiro atoms. The zero-order valence-electron chi connectivity index (χ0n) is 18.1. The highest BCUT2D eigenvalue weighted by Crippen LogP contribution is 2.24. The summed E-state index contributed by atoms with van der Waals surface area (Å²) in [5.41, 5.74) is 6.13. The van der Waals surface area contributed by atoms with Crippen LogP contribution >= 0.6 is 0 Å². The standard InChI is InChI=1S/C27H25N3O2/c1-2-3-8-26-25(27(31)30(19-29-26)17-21-13-14-32-18-21)15-20-9-11-22(12-10-20)24-7-5-4-6-23(24)16-28/h4-7,9-14,18-19H,2-3,8,15,17H2,1H3. The average molecular weight is 424 g/mol. The summed E-state index contributed by atoms with van der Waals surface area (Å²) in [5, 5.41) is 9.38. The lowest BCUT2D eigenvalue weighted by Gasteiger charge is -2.12. The lowest BCUT2D eigenvalue weighted by molar-refractivity contribution is 0.561. The lowest BCUT2D eigenvalue weighted by Crippen LogP contribution is -2.27. The summed E-state index contributed by atoms with van der Waals surface area (Å²) in [6.07, 6.45) is 8.26. The molecular weight excluding hydrogens is 398 g/mol. The Balaban J connectivity index is 1.64. The highest BCUT2D eigenvalue weighted by molar-refractivity contribution is 5.70. The molecule has 0 amide bonds. The van der Waals surface area contributed by atoms with Crippen molar-refractivity contribution in [2.45, 2.75) is 39.2 Å². The molecule has 0 atom stereocenters. The minimum absolute atomic E-state index is 0.00814. The van der Waals surface area contributed by atoms with Crippen LogP contribution in [0.25, 0.3) is 11.1 Å². The monoisotopic (exact) mass is 423 g/mol. The third kappa shape index (κ3) is 4.70. The third-order valence-corrected chi connectivity index (χ3v) is 5.61. The van der Waals surface area contributed by atoms with Crippen molar-refractivity contribution in [3.8, 4) is 17.2 Å². The number of furan rings is 1. The van der Waals surface area contributed by atoms with Gasteiger partial charge in [-0.2, -0.15) is 5.26 Å². The Morgan fingerprint density at radius 2 is 1.88 bits per heavy atom. The number of aryl methyl sites for hydroxylation is 1. The molecule has 0 aliphatic heterocycles. The lowest BCUT2D eigenvalue weighted by atomic mass is 9.97. The SMILES string of the molecule is CCCCc1ncn(Cc2ccoc2)c(=O)c1Cc1ccc(-c2ccccc2C#N)cc1. The number of benzene rings is 2. The van der Waals surface area contributed by atoms with E-state index in [-0.39, 0.29) is 5.56 Å². The van der Waals surface area contributed by atoms with E-state index in [4.69, 9.17) is 4.42 Å². The molecule has 32 heavy (non-hydrogen) atoms. The van der Waals surface area contributed by atoms with Crippen molar-refractivity contribution < 1.29 is 4.42 Å². The molecule has 0 fully saturated rings. The molecule has 5 heteroatoms. The molecule has 0 unspecified atom stereocenters. The van der Waals surface area contributed by atoms with E-state index < -0.39 is 0 Å². The first-order chi connectivity index (χ1) is 15.7. The summed E-state index contributed by atoms with van der Waals surface area (Å²) >= 11 is 0. The minimum atomic E-state index is -0.00814. The molecule has 5 nitrogen and oxygen atoms in total. The van der Waals surface area contributed by atoms with E-state index in [0.717, 1.165) is 52.8 Å². The molecule has 2 aromatic heterocycles. The van der Waals surface area contributed by atoms with Crippen LogP contribution in [0.5, 0.6) is 0 Å². The fraction of sp³-hybridized carbons (Fsp3) is 0.222. The Hall–Kier alpha value is -3.91. The van der Waals surface area contributed by atoms with Crippen LogP contribution in [0, 0.1) is 11.3 Å². The second-order valence-electron chi connectivity index (χ2n) is 7.87. The summed E-state index contributed by atoms with van der Waals surface area (Å²) < 4.78 is 6.78. The molecule has 2 heterocycles. The molecule has 0 bridgehead atoms. The highest BCUT2D eigenvalue weighted by Gasteiger charge is 2.14. The van der Waals surface area contributed by atoms with Crippen LogP contribution in [0.1, 0.15) is 47.7 Å². The van der Waals surface area contributed by atoms with Gasteiger partial charge in [0.1, 0.15) is 0 Å². The first-order valence-corrected chi connectivity index (χ1v) is 10.9. The van der Waals surface area contributed by atoms with E-state index in [2.05, 4.69) is 18.0 Å². The predicted molar refractivity (Wildman–Crippen MR) is 124 cm³/mol. The third-order valence-electron chi connectivity index (χ3n) is 5.61. The quantitative estimate of drug-likeness (QED) is 0.383. The zero-order chi connectivity index (χ0) is 22.3. The summed E-state index contributed by atoms with van der Waals surface area (Å²) in [5.74, 6) is 0. The van der Waals surface area contributed by atoms with Gasteiger partial charge in [0.15, 0.2) is 0 Å². The van der Waals surface area contributed by atoms with Gasteiger partial charge in [-0.25, -0.2) is 4.98 Å². The van der Waals surface area contributed by atoms with Gasteiger partial charge in [0.2, 0.25) is 0 Å². The molecule has 2 aromatic carbocycles. The van der Waals surface area contributed by atoms with E-state index in [1.54, 1.807) is 23.4 Å². The Bertz CT molecular complexity index is 1280. The van der Waals surface area contributed by atoms with Crippen molar-refractivity contribution in [3.05, 3.63) is 112 Å². The molecule has 4 aromatic rings. The van der Waals surface area contributed by atoms with E-state index in [9.17, 15) is 10.1 Å². The van der Waals surface area contributed by atoms with Crippen LogP contribution in [0.15, 0.2) is 82.7 Å². The number of hydrogen-bond acceptors (Lipinski definition) is 4. The van der Waals surface area contributed by atoms with Gasteiger partial charge < -0.3 is 4.42 Å². The van der Waals surface area contributed by atoms with Crippen molar-refractivity contribution in [3.63, 3.8) is 0 Å². The topological polar surface area (TPSA) is 71.8 Å². The second-order valence-corrected chi connectivity index (χ2v) is 7.87. The van der Waals surface area contributed by atoms with E-state index in [0.29, 0.717) is 18.5 Å². The molecule has 0 aliphatic carbocycles. The molecule has 160 valence electrons. The van der Waals surface area contributed by atoms with Crippen LogP contribution in [0.2, 0.25) is 0 Å². The van der Waals surface area contributed by atoms with E-state index >= 15 is 0 Å². The van der Waals surface area contributed by atoms with Crippen molar-refractivity contribution in [2.24, 2.45) is 0 Å².